The molecule has 0 fully saturated rings. The van der Waals surface area contributed by atoms with Crippen molar-refractivity contribution in [2.45, 2.75) is 11.4 Å². The summed E-state index contributed by atoms with van der Waals surface area (Å²) in [5.74, 6) is 0. The Hall–Kier alpha value is -0.540. The van der Waals surface area contributed by atoms with Crippen LogP contribution in [0.3, 0.4) is 0 Å². The maximum absolute atomic E-state index is 4.26. The zero-order chi connectivity index (χ0) is 8.97. The van der Waals surface area contributed by atoms with Crippen LogP contribution in [0.1, 0.15) is 0 Å². The molecule has 0 aliphatic carbocycles. The first-order valence-electron chi connectivity index (χ1n) is 4.01. The predicted octanol–water partition coefficient (Wildman–Crippen LogP) is 0.824. The minimum atomic E-state index is 1.01. The van der Waals surface area contributed by atoms with Gasteiger partial charge < -0.3 is 4.90 Å². The molecular formula is C9H15N2S+. The van der Waals surface area contributed by atoms with Gasteiger partial charge in [0.1, 0.15) is 0 Å². The molecule has 3 heteroatoms. The number of likely N-dealkylation sites (N-methyl/N-ethyl adjacent to an activating group) is 1. The first-order valence-corrected chi connectivity index (χ1v) is 4.46. The van der Waals surface area contributed by atoms with Crippen LogP contribution in [0.2, 0.25) is 0 Å². The Morgan fingerprint density at radius 3 is 2.83 bits per heavy atom. The molecule has 0 amide bonds. The second kappa shape index (κ2) is 4.48. The molecule has 0 bridgehead atoms. The van der Waals surface area contributed by atoms with Gasteiger partial charge in [0.2, 0.25) is 0 Å². The van der Waals surface area contributed by atoms with Gasteiger partial charge in [-0.15, -0.1) is 12.6 Å². The number of aromatic nitrogens is 1. The topological polar surface area (TPSA) is 7.12 Å². The highest BCUT2D eigenvalue weighted by atomic mass is 32.1. The normalized spacial score (nSPS) is 10.7. The summed E-state index contributed by atoms with van der Waals surface area (Å²) in [5, 5.41) is 0. The third kappa shape index (κ3) is 3.24. The Bertz CT molecular complexity index is 248. The fourth-order valence-electron chi connectivity index (χ4n) is 0.963. The van der Waals surface area contributed by atoms with E-state index in [1.165, 1.54) is 0 Å². The molecule has 0 aliphatic heterocycles. The first-order chi connectivity index (χ1) is 5.68. The van der Waals surface area contributed by atoms with Crippen LogP contribution in [0.4, 0.5) is 0 Å². The Morgan fingerprint density at radius 2 is 2.25 bits per heavy atom. The molecule has 2 nitrogen and oxygen atoms in total. The van der Waals surface area contributed by atoms with Crippen molar-refractivity contribution in [1.29, 1.82) is 0 Å². The van der Waals surface area contributed by atoms with Crippen LogP contribution in [0, 0.1) is 0 Å². The number of hydrogen-bond acceptors (Lipinski definition) is 2. The molecule has 0 saturated heterocycles. The van der Waals surface area contributed by atoms with E-state index in [1.807, 2.05) is 18.3 Å². The number of pyridine rings is 1. The maximum atomic E-state index is 4.26. The molecule has 0 aromatic carbocycles. The summed E-state index contributed by atoms with van der Waals surface area (Å²) >= 11 is 4.26. The lowest BCUT2D eigenvalue weighted by molar-refractivity contribution is -0.698. The Balaban J connectivity index is 2.52. The van der Waals surface area contributed by atoms with Gasteiger partial charge >= 0.3 is 0 Å². The molecule has 1 heterocycles. The van der Waals surface area contributed by atoms with E-state index in [-0.39, 0.29) is 0 Å². The Kier molecular flexibility index (Phi) is 3.56. The highest BCUT2D eigenvalue weighted by molar-refractivity contribution is 7.80. The van der Waals surface area contributed by atoms with Crippen molar-refractivity contribution in [3.05, 3.63) is 24.5 Å². The maximum Gasteiger partial charge on any atom is 0.182 e. The fourth-order valence-corrected chi connectivity index (χ4v) is 1.20. The zero-order valence-corrected chi connectivity index (χ0v) is 8.46. The highest BCUT2D eigenvalue weighted by Gasteiger charge is 2.00. The second-order valence-electron chi connectivity index (χ2n) is 3.10. The van der Waals surface area contributed by atoms with Crippen LogP contribution in [0.25, 0.3) is 0 Å². The largest absolute Gasteiger partial charge is 0.303 e. The van der Waals surface area contributed by atoms with Crippen LogP contribution in [-0.2, 0) is 6.54 Å². The van der Waals surface area contributed by atoms with Gasteiger partial charge in [0.05, 0.1) is 11.4 Å². The van der Waals surface area contributed by atoms with Gasteiger partial charge in [0.15, 0.2) is 18.9 Å². The third-order valence-electron chi connectivity index (χ3n) is 1.65. The van der Waals surface area contributed by atoms with Crippen molar-refractivity contribution < 1.29 is 4.57 Å². The van der Waals surface area contributed by atoms with Gasteiger partial charge in [-0.05, 0) is 20.2 Å². The molecule has 1 rings (SSSR count). The average Bonchev–Trinajstić information content (AvgIpc) is 2.01. The lowest BCUT2D eigenvalue weighted by Gasteiger charge is -2.05. The lowest BCUT2D eigenvalue weighted by atomic mass is 10.4. The van der Waals surface area contributed by atoms with E-state index >= 15 is 0 Å². The minimum Gasteiger partial charge on any atom is -0.303 e. The van der Waals surface area contributed by atoms with E-state index in [2.05, 4.69) is 42.4 Å². The number of hydrogen-bond donors (Lipinski definition) is 1. The molecule has 0 radical (unpaired) electrons. The summed E-state index contributed by atoms with van der Waals surface area (Å²) in [7, 11) is 4.15. The van der Waals surface area contributed by atoms with Gasteiger partial charge in [-0.2, -0.15) is 0 Å². The monoisotopic (exact) mass is 183 g/mol. The summed E-state index contributed by atoms with van der Waals surface area (Å²) in [6.07, 6.45) is 4.09. The molecular weight excluding hydrogens is 168 g/mol. The van der Waals surface area contributed by atoms with Crippen molar-refractivity contribution >= 4 is 12.6 Å². The predicted molar refractivity (Wildman–Crippen MR) is 52.4 cm³/mol. The van der Waals surface area contributed by atoms with Crippen molar-refractivity contribution in [3.63, 3.8) is 0 Å². The summed E-state index contributed by atoms with van der Waals surface area (Å²) in [6, 6.07) is 3.99. The number of nitrogens with zero attached hydrogens (tertiary/aromatic N) is 2. The quantitative estimate of drug-likeness (QED) is 0.538. The van der Waals surface area contributed by atoms with E-state index in [1.54, 1.807) is 0 Å². The van der Waals surface area contributed by atoms with E-state index in [9.17, 15) is 0 Å². The highest BCUT2D eigenvalue weighted by Crippen LogP contribution is 1.98. The van der Waals surface area contributed by atoms with Gasteiger partial charge in [-0.1, -0.05) is 0 Å². The lowest BCUT2D eigenvalue weighted by Crippen LogP contribution is -2.38. The molecule has 0 atom stereocenters. The van der Waals surface area contributed by atoms with E-state index in [0.29, 0.717) is 0 Å². The summed E-state index contributed by atoms with van der Waals surface area (Å²) in [5.41, 5.74) is 0. The zero-order valence-electron chi connectivity index (χ0n) is 7.57. The molecule has 66 valence electrons. The molecule has 1 aromatic rings. The fraction of sp³-hybridized carbons (Fsp3) is 0.444. The van der Waals surface area contributed by atoms with Gasteiger partial charge in [-0.25, -0.2) is 4.57 Å². The number of rotatable bonds is 3. The molecule has 12 heavy (non-hydrogen) atoms. The van der Waals surface area contributed by atoms with Crippen LogP contribution in [0.15, 0.2) is 29.4 Å². The van der Waals surface area contributed by atoms with Crippen LogP contribution >= 0.6 is 12.6 Å². The third-order valence-corrected chi connectivity index (χ3v) is 1.91. The van der Waals surface area contributed by atoms with Crippen molar-refractivity contribution in [2.24, 2.45) is 0 Å². The first kappa shape index (κ1) is 9.55. The Morgan fingerprint density at radius 1 is 1.50 bits per heavy atom. The van der Waals surface area contributed by atoms with Gasteiger partial charge in [0.25, 0.3) is 0 Å². The van der Waals surface area contributed by atoms with Crippen molar-refractivity contribution in [1.82, 2.24) is 4.90 Å². The molecule has 0 saturated carbocycles. The van der Waals surface area contributed by atoms with Crippen molar-refractivity contribution in [3.8, 4) is 0 Å². The SMILES string of the molecule is CN(C)CC[n+]1cccc(S)c1. The molecule has 0 aliphatic rings. The standard InChI is InChI=1S/C9H14N2S/c1-10(2)6-7-11-5-3-4-9(12)8-11/h3-5,8H,6-7H2,1-2H3/p+1. The van der Waals surface area contributed by atoms with Crippen LogP contribution in [-0.4, -0.2) is 25.5 Å². The molecule has 0 spiro atoms. The summed E-state index contributed by atoms with van der Waals surface area (Å²) < 4.78 is 2.14. The minimum absolute atomic E-state index is 1.01. The second-order valence-corrected chi connectivity index (χ2v) is 3.62. The molecule has 0 unspecified atom stereocenters. The van der Waals surface area contributed by atoms with E-state index < -0.39 is 0 Å². The average molecular weight is 183 g/mol. The molecule has 1 aromatic heterocycles. The van der Waals surface area contributed by atoms with E-state index in [4.69, 9.17) is 0 Å². The molecule has 0 N–H and O–H groups in total. The van der Waals surface area contributed by atoms with Crippen molar-refractivity contribution in [2.75, 3.05) is 20.6 Å². The van der Waals surface area contributed by atoms with Crippen LogP contribution in [0.5, 0.6) is 0 Å². The summed E-state index contributed by atoms with van der Waals surface area (Å²) in [6.45, 7) is 2.07. The van der Waals surface area contributed by atoms with Gasteiger partial charge in [-0.3, -0.25) is 0 Å². The van der Waals surface area contributed by atoms with Gasteiger partial charge in [0, 0.05) is 6.07 Å². The van der Waals surface area contributed by atoms with Crippen LogP contribution < -0.4 is 4.57 Å². The number of thiol groups is 1. The smallest absolute Gasteiger partial charge is 0.182 e. The van der Waals surface area contributed by atoms with E-state index in [0.717, 1.165) is 18.0 Å². The Labute approximate surface area is 79.2 Å². The summed E-state index contributed by atoms with van der Waals surface area (Å²) in [4.78, 5) is 3.18.